The second-order valence-corrected chi connectivity index (χ2v) is 4.82. The van der Waals surface area contributed by atoms with Crippen molar-refractivity contribution in [3.8, 4) is 0 Å². The van der Waals surface area contributed by atoms with Gasteiger partial charge in [0, 0.05) is 6.42 Å². The molecule has 0 saturated heterocycles. The van der Waals surface area contributed by atoms with Gasteiger partial charge in [-0.05, 0) is 11.3 Å². The number of carbonyl (C=O) groups excluding carboxylic acids is 1. The van der Waals surface area contributed by atoms with E-state index in [0.29, 0.717) is 18.9 Å². The zero-order valence-electron chi connectivity index (χ0n) is 8.81. The summed E-state index contributed by atoms with van der Waals surface area (Å²) < 4.78 is 5.08. The van der Waals surface area contributed by atoms with Gasteiger partial charge in [-0.3, -0.25) is 4.79 Å². The Morgan fingerprint density at radius 2 is 1.83 bits per heavy atom. The fraction of sp³-hybridized carbons (Fsp3) is 0.900. The molecule has 0 N–H and O–H groups in total. The van der Waals surface area contributed by atoms with Crippen LogP contribution >= 0.6 is 0 Å². The first-order valence-corrected chi connectivity index (χ1v) is 4.47. The molecule has 0 spiro atoms. The molecule has 0 aliphatic heterocycles. The van der Waals surface area contributed by atoms with Crippen LogP contribution in [-0.4, -0.2) is 12.6 Å². The lowest BCUT2D eigenvalue weighted by Gasteiger charge is -2.18. The van der Waals surface area contributed by atoms with Crippen LogP contribution in [0.4, 0.5) is 0 Å². The van der Waals surface area contributed by atoms with Crippen LogP contribution in [0.1, 0.15) is 41.0 Å². The molecule has 0 heterocycles. The topological polar surface area (TPSA) is 26.3 Å². The van der Waals surface area contributed by atoms with Gasteiger partial charge in [0.25, 0.3) is 0 Å². The summed E-state index contributed by atoms with van der Waals surface area (Å²) in [6.07, 6.45) is 0.524. The zero-order valence-corrected chi connectivity index (χ0v) is 8.81. The molecule has 0 saturated carbocycles. The Labute approximate surface area is 75.3 Å². The highest BCUT2D eigenvalue weighted by atomic mass is 16.5. The third kappa shape index (κ3) is 7.58. The quantitative estimate of drug-likeness (QED) is 0.612. The standard InChI is InChI=1S/C10H20O2/c1-8(2)6-9(11)12-7-10(3,4)5/h8H,6-7H2,1-5H3. The molecule has 0 aromatic carbocycles. The van der Waals surface area contributed by atoms with Crippen molar-refractivity contribution in [3.63, 3.8) is 0 Å². The molecule has 2 nitrogen and oxygen atoms in total. The summed E-state index contributed by atoms with van der Waals surface area (Å²) in [6.45, 7) is 10.7. The third-order valence-electron chi connectivity index (χ3n) is 1.24. The monoisotopic (exact) mass is 172 g/mol. The van der Waals surface area contributed by atoms with Gasteiger partial charge in [0.15, 0.2) is 0 Å². The predicted octanol–water partition coefficient (Wildman–Crippen LogP) is 2.62. The van der Waals surface area contributed by atoms with Crippen LogP contribution < -0.4 is 0 Å². The van der Waals surface area contributed by atoms with Gasteiger partial charge in [-0.25, -0.2) is 0 Å². The molecule has 0 aromatic heterocycles. The largest absolute Gasteiger partial charge is 0.465 e. The molecule has 2 heteroatoms. The molecular formula is C10H20O2. The van der Waals surface area contributed by atoms with Crippen molar-refractivity contribution in [1.82, 2.24) is 0 Å². The van der Waals surface area contributed by atoms with Crippen LogP contribution in [0.15, 0.2) is 0 Å². The van der Waals surface area contributed by atoms with Crippen LogP contribution in [0, 0.1) is 11.3 Å². The SMILES string of the molecule is CC(C)CC(=O)OCC(C)(C)C. The van der Waals surface area contributed by atoms with Gasteiger partial charge >= 0.3 is 5.97 Å². The molecular weight excluding hydrogens is 152 g/mol. The van der Waals surface area contributed by atoms with Gasteiger partial charge in [-0.15, -0.1) is 0 Å². The summed E-state index contributed by atoms with van der Waals surface area (Å²) in [7, 11) is 0. The normalized spacial score (nSPS) is 11.8. The summed E-state index contributed by atoms with van der Waals surface area (Å²) in [4.78, 5) is 11.1. The maximum Gasteiger partial charge on any atom is 0.306 e. The number of carbonyl (C=O) groups is 1. The Kier molecular flexibility index (Phi) is 4.29. The molecule has 0 aliphatic carbocycles. The van der Waals surface area contributed by atoms with Gasteiger partial charge in [0.05, 0.1) is 6.61 Å². The third-order valence-corrected chi connectivity index (χ3v) is 1.24. The molecule has 0 atom stereocenters. The molecule has 0 radical (unpaired) electrons. The highest BCUT2D eigenvalue weighted by molar-refractivity contribution is 5.69. The summed E-state index contributed by atoms with van der Waals surface area (Å²) >= 11 is 0. The number of hydrogen-bond donors (Lipinski definition) is 0. The average Bonchev–Trinajstić information content (AvgIpc) is 1.80. The number of hydrogen-bond acceptors (Lipinski definition) is 2. The summed E-state index contributed by atoms with van der Waals surface area (Å²) in [5, 5.41) is 0. The van der Waals surface area contributed by atoms with Crippen molar-refractivity contribution in [2.24, 2.45) is 11.3 Å². The minimum Gasteiger partial charge on any atom is -0.465 e. The smallest absolute Gasteiger partial charge is 0.306 e. The van der Waals surface area contributed by atoms with E-state index in [-0.39, 0.29) is 11.4 Å². The highest BCUT2D eigenvalue weighted by Gasteiger charge is 2.14. The highest BCUT2D eigenvalue weighted by Crippen LogP contribution is 2.13. The summed E-state index contributed by atoms with van der Waals surface area (Å²) in [5.41, 5.74) is 0.0760. The van der Waals surface area contributed by atoms with E-state index in [4.69, 9.17) is 4.74 Å². The van der Waals surface area contributed by atoms with Crippen molar-refractivity contribution in [3.05, 3.63) is 0 Å². The van der Waals surface area contributed by atoms with Gasteiger partial charge in [-0.2, -0.15) is 0 Å². The van der Waals surface area contributed by atoms with Crippen LogP contribution in [0.25, 0.3) is 0 Å². The van der Waals surface area contributed by atoms with Crippen molar-refractivity contribution in [2.45, 2.75) is 41.0 Å². The first-order chi connectivity index (χ1) is 5.31. The minimum absolute atomic E-state index is 0.0760. The van der Waals surface area contributed by atoms with E-state index in [1.807, 2.05) is 13.8 Å². The molecule has 0 aromatic rings. The first-order valence-electron chi connectivity index (χ1n) is 4.47. The lowest BCUT2D eigenvalue weighted by atomic mass is 9.99. The summed E-state index contributed by atoms with van der Waals surface area (Å²) in [5.74, 6) is 0.303. The van der Waals surface area contributed by atoms with Gasteiger partial charge in [0.2, 0.25) is 0 Å². The van der Waals surface area contributed by atoms with Gasteiger partial charge in [0.1, 0.15) is 0 Å². The van der Waals surface area contributed by atoms with E-state index < -0.39 is 0 Å². The number of rotatable bonds is 3. The van der Waals surface area contributed by atoms with Crippen molar-refractivity contribution in [1.29, 1.82) is 0 Å². The minimum atomic E-state index is -0.0834. The van der Waals surface area contributed by atoms with Crippen molar-refractivity contribution in [2.75, 3.05) is 6.61 Å². The predicted molar refractivity (Wildman–Crippen MR) is 49.9 cm³/mol. The van der Waals surface area contributed by atoms with Crippen LogP contribution in [0.5, 0.6) is 0 Å². The van der Waals surface area contributed by atoms with Crippen LogP contribution in [0.3, 0.4) is 0 Å². The molecule has 0 aliphatic rings. The molecule has 0 fully saturated rings. The van der Waals surface area contributed by atoms with E-state index in [2.05, 4.69) is 20.8 Å². The lowest BCUT2D eigenvalue weighted by molar-refractivity contribution is -0.147. The van der Waals surface area contributed by atoms with E-state index in [1.165, 1.54) is 0 Å². The van der Waals surface area contributed by atoms with E-state index in [1.54, 1.807) is 0 Å². The Morgan fingerprint density at radius 3 is 2.17 bits per heavy atom. The van der Waals surface area contributed by atoms with E-state index >= 15 is 0 Å². The molecule has 0 unspecified atom stereocenters. The second kappa shape index (κ2) is 4.48. The Morgan fingerprint density at radius 1 is 1.33 bits per heavy atom. The average molecular weight is 172 g/mol. The Hall–Kier alpha value is -0.530. The van der Waals surface area contributed by atoms with E-state index in [0.717, 1.165) is 0 Å². The van der Waals surface area contributed by atoms with Crippen molar-refractivity contribution < 1.29 is 9.53 Å². The number of ether oxygens (including phenoxy) is 1. The fourth-order valence-electron chi connectivity index (χ4n) is 0.689. The molecule has 0 rings (SSSR count). The molecule has 0 bridgehead atoms. The van der Waals surface area contributed by atoms with E-state index in [9.17, 15) is 4.79 Å². The molecule has 72 valence electrons. The first kappa shape index (κ1) is 11.5. The lowest BCUT2D eigenvalue weighted by Crippen LogP contribution is -2.19. The summed E-state index contributed by atoms with van der Waals surface area (Å²) in [6, 6.07) is 0. The molecule has 0 amide bonds. The Bertz CT molecular complexity index is 142. The fourth-order valence-corrected chi connectivity index (χ4v) is 0.689. The zero-order chi connectivity index (χ0) is 9.78. The Balaban J connectivity index is 3.58. The van der Waals surface area contributed by atoms with Crippen LogP contribution in [-0.2, 0) is 9.53 Å². The maximum atomic E-state index is 11.1. The second-order valence-electron chi connectivity index (χ2n) is 4.82. The van der Waals surface area contributed by atoms with Gasteiger partial charge in [-0.1, -0.05) is 34.6 Å². The van der Waals surface area contributed by atoms with Crippen molar-refractivity contribution >= 4 is 5.97 Å². The van der Waals surface area contributed by atoms with Crippen LogP contribution in [0.2, 0.25) is 0 Å². The number of esters is 1. The van der Waals surface area contributed by atoms with Gasteiger partial charge < -0.3 is 4.74 Å². The maximum absolute atomic E-state index is 11.1. The molecule has 12 heavy (non-hydrogen) atoms.